The molecule has 2 fully saturated rings. The Hall–Kier alpha value is -1.26. The SMILES string of the molecule is CCCCCCCCOP(OCCCCCCCC)OC1CCC(C(C)(C)C2CCC(OP(Oc3ccc(CCCCCCCC)cc3)Oc3ccc(CCCCCCCC)cc3)CC2)CC1. The van der Waals surface area contributed by atoms with E-state index in [9.17, 15) is 0 Å². The summed E-state index contributed by atoms with van der Waals surface area (Å²) < 4.78 is 39.4. The summed E-state index contributed by atoms with van der Waals surface area (Å²) in [4.78, 5) is 0. The highest BCUT2D eigenvalue weighted by molar-refractivity contribution is 7.42. The van der Waals surface area contributed by atoms with Crippen molar-refractivity contribution in [3.8, 4) is 11.5 Å². The van der Waals surface area contributed by atoms with Crippen LogP contribution < -0.4 is 9.05 Å². The van der Waals surface area contributed by atoms with Crippen LogP contribution in [0, 0.1) is 17.3 Å². The lowest BCUT2D eigenvalue weighted by atomic mass is 9.60. The topological polar surface area (TPSA) is 55.4 Å². The zero-order chi connectivity index (χ0) is 47.6. The van der Waals surface area contributed by atoms with Gasteiger partial charge in [-0.3, -0.25) is 4.52 Å². The van der Waals surface area contributed by atoms with Crippen LogP contribution >= 0.6 is 17.2 Å². The molecule has 2 aromatic carbocycles. The average molecular weight is 969 g/mol. The van der Waals surface area contributed by atoms with Crippen molar-refractivity contribution >= 4 is 17.2 Å². The van der Waals surface area contributed by atoms with E-state index in [1.165, 1.54) is 178 Å². The Labute approximate surface area is 416 Å². The van der Waals surface area contributed by atoms with Crippen molar-refractivity contribution in [2.75, 3.05) is 13.2 Å². The summed E-state index contributed by atoms with van der Waals surface area (Å²) in [6, 6.07) is 17.4. The van der Waals surface area contributed by atoms with Gasteiger partial charge in [-0.25, -0.2) is 0 Å². The molecule has 0 aliphatic heterocycles. The highest BCUT2D eigenvalue weighted by Gasteiger charge is 2.42. The Morgan fingerprint density at radius 2 is 0.701 bits per heavy atom. The first-order chi connectivity index (χ1) is 32.8. The van der Waals surface area contributed by atoms with E-state index in [2.05, 4.69) is 90.1 Å². The zero-order valence-corrected chi connectivity index (χ0v) is 46.0. The van der Waals surface area contributed by atoms with Gasteiger partial charge >= 0.3 is 17.2 Å². The molecule has 0 amide bonds. The first kappa shape index (κ1) is 58.3. The smallest absolute Gasteiger partial charge is 0.418 e. The predicted molar refractivity (Wildman–Crippen MR) is 288 cm³/mol. The molecule has 0 spiro atoms. The summed E-state index contributed by atoms with van der Waals surface area (Å²) >= 11 is 0. The molecule has 8 heteroatoms. The summed E-state index contributed by atoms with van der Waals surface area (Å²) in [6.45, 7) is 15.7. The third kappa shape index (κ3) is 25.1. The van der Waals surface area contributed by atoms with Crippen LogP contribution in [0.1, 0.15) is 258 Å². The number of hydrogen-bond acceptors (Lipinski definition) is 6. The molecule has 2 aliphatic carbocycles. The lowest BCUT2D eigenvalue weighted by Gasteiger charge is -2.46. The van der Waals surface area contributed by atoms with Gasteiger partial charge in [0.25, 0.3) is 0 Å². The lowest BCUT2D eigenvalue weighted by Crippen LogP contribution is -2.38. The molecule has 0 unspecified atom stereocenters. The summed E-state index contributed by atoms with van der Waals surface area (Å²) in [6.07, 6.45) is 42.7. The summed E-state index contributed by atoms with van der Waals surface area (Å²) in [5.74, 6) is 3.03. The number of benzene rings is 2. The number of aryl methyl sites for hydroxylation is 2. The summed E-state index contributed by atoms with van der Waals surface area (Å²) in [7, 11) is -2.90. The first-order valence-electron chi connectivity index (χ1n) is 28.6. The molecule has 0 saturated heterocycles. The minimum absolute atomic E-state index is 0.133. The Kier molecular flexibility index (Phi) is 31.9. The van der Waals surface area contributed by atoms with Gasteiger partial charge in [-0.2, -0.15) is 0 Å². The van der Waals surface area contributed by atoms with Crippen molar-refractivity contribution < 1.29 is 27.1 Å². The van der Waals surface area contributed by atoms with Crippen molar-refractivity contribution in [1.29, 1.82) is 0 Å². The van der Waals surface area contributed by atoms with Gasteiger partial charge in [-0.15, -0.1) is 0 Å². The molecule has 0 heterocycles. The summed E-state index contributed by atoms with van der Waals surface area (Å²) in [5, 5.41) is 0. The molecular weight excluding hydrogens is 867 g/mol. The minimum atomic E-state index is -1.61. The number of hydrogen-bond donors (Lipinski definition) is 0. The molecule has 2 saturated carbocycles. The molecule has 0 bridgehead atoms. The van der Waals surface area contributed by atoms with Crippen LogP contribution in [0.25, 0.3) is 0 Å². The van der Waals surface area contributed by atoms with E-state index in [4.69, 9.17) is 27.1 Å². The molecule has 67 heavy (non-hydrogen) atoms. The number of unbranched alkanes of at least 4 members (excludes halogenated alkanes) is 20. The maximum absolute atomic E-state index is 6.84. The van der Waals surface area contributed by atoms with E-state index < -0.39 is 17.2 Å². The fourth-order valence-corrected chi connectivity index (χ4v) is 12.8. The minimum Gasteiger partial charge on any atom is -0.418 e. The van der Waals surface area contributed by atoms with E-state index in [1.54, 1.807) is 0 Å². The summed E-state index contributed by atoms with van der Waals surface area (Å²) in [5.41, 5.74) is 3.03. The molecule has 4 rings (SSSR count). The van der Waals surface area contributed by atoms with Gasteiger partial charge in [0.1, 0.15) is 11.5 Å². The van der Waals surface area contributed by atoms with Crippen molar-refractivity contribution in [1.82, 2.24) is 0 Å². The molecule has 0 atom stereocenters. The molecule has 6 nitrogen and oxygen atoms in total. The normalized spacial score (nSPS) is 19.1. The van der Waals surface area contributed by atoms with Gasteiger partial charge in [-0.05, 0) is 143 Å². The highest BCUT2D eigenvalue weighted by atomic mass is 31.2. The lowest BCUT2D eigenvalue weighted by molar-refractivity contribution is 0.00531. The fourth-order valence-electron chi connectivity index (χ4n) is 10.4. The third-order valence-electron chi connectivity index (χ3n) is 15.2. The first-order valence-corrected chi connectivity index (χ1v) is 30.8. The van der Waals surface area contributed by atoms with E-state index >= 15 is 0 Å². The maximum atomic E-state index is 6.84. The van der Waals surface area contributed by atoms with Crippen molar-refractivity contribution in [3.63, 3.8) is 0 Å². The molecule has 0 N–H and O–H groups in total. The second kappa shape index (κ2) is 36.6. The monoisotopic (exact) mass is 969 g/mol. The van der Waals surface area contributed by atoms with Gasteiger partial charge in [0.05, 0.1) is 25.4 Å². The molecule has 2 aromatic rings. The largest absolute Gasteiger partial charge is 0.463 e. The van der Waals surface area contributed by atoms with Crippen LogP contribution in [0.15, 0.2) is 48.5 Å². The predicted octanol–water partition coefficient (Wildman–Crippen LogP) is 20.3. The van der Waals surface area contributed by atoms with Crippen molar-refractivity contribution in [2.45, 2.75) is 272 Å². The van der Waals surface area contributed by atoms with Gasteiger partial charge in [0.2, 0.25) is 0 Å². The van der Waals surface area contributed by atoms with Gasteiger partial charge in [-0.1, -0.05) is 194 Å². The van der Waals surface area contributed by atoms with Crippen LogP contribution in [0.5, 0.6) is 11.5 Å². The van der Waals surface area contributed by atoms with Crippen molar-refractivity contribution in [3.05, 3.63) is 59.7 Å². The molecule has 2 aliphatic rings. The van der Waals surface area contributed by atoms with Crippen LogP contribution in [-0.4, -0.2) is 25.4 Å². The van der Waals surface area contributed by atoms with Crippen LogP contribution in [-0.2, 0) is 30.9 Å². The van der Waals surface area contributed by atoms with Gasteiger partial charge in [0, 0.05) is 0 Å². The van der Waals surface area contributed by atoms with E-state index in [-0.39, 0.29) is 17.6 Å². The molecular formula is C59H102O6P2. The van der Waals surface area contributed by atoms with Crippen LogP contribution in [0.4, 0.5) is 0 Å². The number of rotatable bonds is 40. The van der Waals surface area contributed by atoms with E-state index in [0.717, 1.165) is 76.1 Å². The van der Waals surface area contributed by atoms with Gasteiger partial charge < -0.3 is 22.6 Å². The Morgan fingerprint density at radius 1 is 0.388 bits per heavy atom. The van der Waals surface area contributed by atoms with E-state index in [1.807, 2.05) is 0 Å². The second-order valence-electron chi connectivity index (χ2n) is 21.1. The fraction of sp³-hybridized carbons (Fsp3) is 0.797. The van der Waals surface area contributed by atoms with Gasteiger partial charge in [0.15, 0.2) is 0 Å². The quantitative estimate of drug-likeness (QED) is 0.0490. The Morgan fingerprint density at radius 3 is 1.06 bits per heavy atom. The molecule has 384 valence electrons. The Balaban J connectivity index is 1.26. The van der Waals surface area contributed by atoms with Crippen molar-refractivity contribution in [2.24, 2.45) is 17.3 Å². The molecule has 0 aromatic heterocycles. The van der Waals surface area contributed by atoms with Crippen LogP contribution in [0.2, 0.25) is 0 Å². The third-order valence-corrected chi connectivity index (χ3v) is 17.6. The molecule has 0 radical (unpaired) electrons. The maximum Gasteiger partial charge on any atom is 0.463 e. The van der Waals surface area contributed by atoms with Crippen LogP contribution in [0.3, 0.4) is 0 Å². The standard InChI is InChI=1S/C59H102O6P2/c1-7-11-15-19-23-27-31-51-33-41-55(42-34-51)63-67(64-56-43-35-52(36-44-56)32-28-24-20-16-12-8-2)65-58-47-39-54(40-48-58)59(5,6)53-37-45-57(46-38-53)62-66(60-49-29-25-21-17-13-9-3)61-50-30-26-22-18-14-10-4/h33-36,41-44,53-54,57-58H,7-32,37-40,45-50H2,1-6H3. The average Bonchev–Trinajstić information content (AvgIpc) is 3.34. The Bertz CT molecular complexity index is 1360. The highest BCUT2D eigenvalue weighted by Crippen LogP contribution is 2.52. The second-order valence-corrected chi connectivity index (χ2v) is 23.3. The van der Waals surface area contributed by atoms with E-state index in [0.29, 0.717) is 11.8 Å². The zero-order valence-electron chi connectivity index (χ0n) is 44.2.